The van der Waals surface area contributed by atoms with Gasteiger partial charge in [0.15, 0.2) is 0 Å². The van der Waals surface area contributed by atoms with Crippen molar-refractivity contribution >= 4 is 23.3 Å². The van der Waals surface area contributed by atoms with Crippen molar-refractivity contribution in [3.05, 3.63) is 46.5 Å². The molecule has 0 radical (unpaired) electrons. The van der Waals surface area contributed by atoms with Crippen molar-refractivity contribution in [3.8, 4) is 11.3 Å². The number of carbonyl (C=O) groups is 1. The second kappa shape index (κ2) is 7.89. The molecule has 1 aromatic carbocycles. The van der Waals surface area contributed by atoms with E-state index >= 15 is 0 Å². The molecule has 0 aliphatic heterocycles. The number of aromatic nitrogens is 4. The Labute approximate surface area is 149 Å². The molecule has 2 amide bonds. The fourth-order valence-corrected chi connectivity index (χ4v) is 3.01. The van der Waals surface area contributed by atoms with Crippen molar-refractivity contribution in [2.75, 3.05) is 5.32 Å². The van der Waals surface area contributed by atoms with E-state index in [2.05, 4.69) is 44.6 Å². The molecule has 0 atom stereocenters. The fourth-order valence-electron chi connectivity index (χ4n) is 2.26. The first-order valence-electron chi connectivity index (χ1n) is 8.06. The first kappa shape index (κ1) is 17.1. The Morgan fingerprint density at radius 1 is 1.24 bits per heavy atom. The van der Waals surface area contributed by atoms with Gasteiger partial charge in [-0.15, -0.1) is 16.4 Å². The van der Waals surface area contributed by atoms with E-state index in [4.69, 9.17) is 0 Å². The van der Waals surface area contributed by atoms with Crippen LogP contribution in [0, 0.1) is 5.92 Å². The predicted octanol–water partition coefficient (Wildman–Crippen LogP) is 3.45. The summed E-state index contributed by atoms with van der Waals surface area (Å²) in [5.41, 5.74) is 1.97. The summed E-state index contributed by atoms with van der Waals surface area (Å²) in [6, 6.07) is 9.59. The number of benzene rings is 1. The van der Waals surface area contributed by atoms with Gasteiger partial charge >= 0.3 is 6.03 Å². The van der Waals surface area contributed by atoms with Gasteiger partial charge in [-0.2, -0.15) is 4.98 Å². The molecule has 0 fully saturated rings. The Hall–Kier alpha value is -2.74. The van der Waals surface area contributed by atoms with Crippen LogP contribution < -0.4 is 10.6 Å². The number of thiazole rings is 1. The second-order valence-electron chi connectivity index (χ2n) is 6.00. The van der Waals surface area contributed by atoms with Gasteiger partial charge in [0.1, 0.15) is 10.8 Å². The van der Waals surface area contributed by atoms with E-state index in [1.165, 1.54) is 11.3 Å². The van der Waals surface area contributed by atoms with Crippen molar-refractivity contribution in [2.24, 2.45) is 5.92 Å². The van der Waals surface area contributed by atoms with Crippen LogP contribution in [0.15, 0.2) is 35.7 Å². The highest BCUT2D eigenvalue weighted by Crippen LogP contribution is 2.21. The Morgan fingerprint density at radius 3 is 2.80 bits per heavy atom. The highest BCUT2D eigenvalue weighted by atomic mass is 32.1. The lowest BCUT2D eigenvalue weighted by Crippen LogP contribution is -2.28. The molecule has 3 N–H and O–H groups in total. The zero-order chi connectivity index (χ0) is 17.6. The number of hydrogen-bond donors (Lipinski definition) is 3. The van der Waals surface area contributed by atoms with Gasteiger partial charge in [0.25, 0.3) is 0 Å². The third-order valence-electron chi connectivity index (χ3n) is 3.38. The second-order valence-corrected chi connectivity index (χ2v) is 6.95. The summed E-state index contributed by atoms with van der Waals surface area (Å²) in [7, 11) is 0. The molecule has 0 aliphatic carbocycles. The van der Waals surface area contributed by atoms with Crippen LogP contribution in [-0.2, 0) is 13.0 Å². The fraction of sp³-hybridized carbons (Fsp3) is 0.294. The first-order valence-corrected chi connectivity index (χ1v) is 8.94. The summed E-state index contributed by atoms with van der Waals surface area (Å²) in [5, 5.41) is 15.0. The van der Waals surface area contributed by atoms with Crippen LogP contribution >= 0.6 is 11.3 Å². The minimum absolute atomic E-state index is 0.275. The standard InChI is InChI=1S/C17H20N6OS/c1-11(2)8-14-20-16(23-22-14)21-17(24)18-9-15-19-13(10-25-15)12-6-4-3-5-7-12/h3-7,10-11H,8-9H2,1-2H3,(H3,18,20,21,22,23,24). The Balaban J connectivity index is 1.51. The van der Waals surface area contributed by atoms with E-state index in [1.807, 2.05) is 35.7 Å². The number of hydrogen-bond acceptors (Lipinski definition) is 5. The molecule has 130 valence electrons. The van der Waals surface area contributed by atoms with Crippen molar-refractivity contribution < 1.29 is 4.79 Å². The van der Waals surface area contributed by atoms with E-state index in [0.717, 1.165) is 28.5 Å². The zero-order valence-corrected chi connectivity index (χ0v) is 14.9. The van der Waals surface area contributed by atoms with Crippen LogP contribution in [0.4, 0.5) is 10.7 Å². The van der Waals surface area contributed by atoms with E-state index in [9.17, 15) is 4.79 Å². The van der Waals surface area contributed by atoms with E-state index in [0.29, 0.717) is 12.5 Å². The molecule has 0 unspecified atom stereocenters. The van der Waals surface area contributed by atoms with Crippen molar-refractivity contribution in [1.29, 1.82) is 0 Å². The molecule has 0 aliphatic rings. The monoisotopic (exact) mass is 356 g/mol. The molecule has 8 heteroatoms. The Bertz CT molecular complexity index is 827. The molecule has 25 heavy (non-hydrogen) atoms. The van der Waals surface area contributed by atoms with E-state index < -0.39 is 0 Å². The maximum absolute atomic E-state index is 12.0. The predicted molar refractivity (Wildman–Crippen MR) is 98.3 cm³/mol. The number of rotatable bonds is 6. The summed E-state index contributed by atoms with van der Waals surface area (Å²) in [6.07, 6.45) is 0.789. The van der Waals surface area contributed by atoms with Gasteiger partial charge in [0.2, 0.25) is 5.95 Å². The molecule has 3 rings (SSSR count). The lowest BCUT2D eigenvalue weighted by atomic mass is 10.1. The maximum atomic E-state index is 12.0. The topological polar surface area (TPSA) is 95.6 Å². The SMILES string of the molecule is CC(C)Cc1nc(NC(=O)NCc2nc(-c3ccccc3)cs2)n[nH]1. The lowest BCUT2D eigenvalue weighted by molar-refractivity contribution is 0.251. The van der Waals surface area contributed by atoms with Crippen molar-refractivity contribution in [2.45, 2.75) is 26.8 Å². The first-order chi connectivity index (χ1) is 12.1. The highest BCUT2D eigenvalue weighted by molar-refractivity contribution is 7.09. The number of aromatic amines is 1. The van der Waals surface area contributed by atoms with Gasteiger partial charge < -0.3 is 5.32 Å². The molecule has 7 nitrogen and oxygen atoms in total. The van der Waals surface area contributed by atoms with Gasteiger partial charge in [-0.05, 0) is 5.92 Å². The van der Waals surface area contributed by atoms with Crippen LogP contribution in [-0.4, -0.2) is 26.2 Å². The van der Waals surface area contributed by atoms with Gasteiger partial charge in [-0.25, -0.2) is 9.78 Å². The van der Waals surface area contributed by atoms with Gasteiger partial charge in [0, 0.05) is 17.4 Å². The molecule has 0 bridgehead atoms. The smallest absolute Gasteiger partial charge is 0.322 e. The summed E-state index contributed by atoms with van der Waals surface area (Å²) >= 11 is 1.51. The molecule has 2 aromatic heterocycles. The third-order valence-corrected chi connectivity index (χ3v) is 4.23. The molecular weight excluding hydrogens is 336 g/mol. The van der Waals surface area contributed by atoms with Crippen LogP contribution in [0.5, 0.6) is 0 Å². The van der Waals surface area contributed by atoms with E-state index in [1.54, 1.807) is 0 Å². The van der Waals surface area contributed by atoms with E-state index in [-0.39, 0.29) is 12.0 Å². The zero-order valence-electron chi connectivity index (χ0n) is 14.1. The van der Waals surface area contributed by atoms with Crippen molar-refractivity contribution in [1.82, 2.24) is 25.5 Å². The average Bonchev–Trinajstić information content (AvgIpc) is 3.23. The number of nitrogens with zero attached hydrogens (tertiary/aromatic N) is 3. The maximum Gasteiger partial charge on any atom is 0.322 e. The molecule has 0 saturated carbocycles. The summed E-state index contributed by atoms with van der Waals surface area (Å²) in [5.74, 6) is 1.51. The molecular formula is C17H20N6OS. The average molecular weight is 356 g/mol. The Morgan fingerprint density at radius 2 is 2.04 bits per heavy atom. The summed E-state index contributed by atoms with van der Waals surface area (Å²) in [6.45, 7) is 4.55. The van der Waals surface area contributed by atoms with Gasteiger partial charge in [0.05, 0.1) is 12.2 Å². The quantitative estimate of drug-likeness (QED) is 0.630. The number of anilines is 1. The number of nitrogens with one attached hydrogen (secondary N) is 3. The highest BCUT2D eigenvalue weighted by Gasteiger charge is 2.10. The van der Waals surface area contributed by atoms with Gasteiger partial charge in [-0.3, -0.25) is 10.4 Å². The normalized spacial score (nSPS) is 10.8. The van der Waals surface area contributed by atoms with Crippen LogP contribution in [0.2, 0.25) is 0 Å². The molecule has 2 heterocycles. The molecule has 0 spiro atoms. The number of amides is 2. The van der Waals surface area contributed by atoms with Gasteiger partial charge in [-0.1, -0.05) is 44.2 Å². The number of carbonyl (C=O) groups excluding carboxylic acids is 1. The Kier molecular flexibility index (Phi) is 5.39. The lowest BCUT2D eigenvalue weighted by Gasteiger charge is -2.02. The third kappa shape index (κ3) is 4.87. The van der Waals surface area contributed by atoms with Crippen LogP contribution in [0.3, 0.4) is 0 Å². The minimum atomic E-state index is -0.355. The van der Waals surface area contributed by atoms with Crippen LogP contribution in [0.1, 0.15) is 24.7 Å². The van der Waals surface area contributed by atoms with Crippen LogP contribution in [0.25, 0.3) is 11.3 Å². The molecule has 0 saturated heterocycles. The summed E-state index contributed by atoms with van der Waals surface area (Å²) < 4.78 is 0. The largest absolute Gasteiger partial charge is 0.331 e. The minimum Gasteiger partial charge on any atom is -0.331 e. The molecule has 3 aromatic rings. The number of urea groups is 1. The summed E-state index contributed by atoms with van der Waals surface area (Å²) in [4.78, 5) is 20.7. The van der Waals surface area contributed by atoms with Crippen molar-refractivity contribution in [3.63, 3.8) is 0 Å². The number of H-pyrrole nitrogens is 1.